The van der Waals surface area contributed by atoms with Gasteiger partial charge in [0.2, 0.25) is 10.0 Å². The van der Waals surface area contributed by atoms with E-state index in [0.717, 1.165) is 22.4 Å². The third-order valence-electron chi connectivity index (χ3n) is 6.55. The predicted molar refractivity (Wildman–Crippen MR) is 142 cm³/mol. The molecule has 0 N–H and O–H groups in total. The molecular weight excluding hydrogens is 468 g/mol. The van der Waals surface area contributed by atoms with E-state index in [4.69, 9.17) is 0 Å². The molecule has 1 atom stereocenters. The summed E-state index contributed by atoms with van der Waals surface area (Å²) in [5.74, 6) is -0.0766. The predicted octanol–water partition coefficient (Wildman–Crippen LogP) is 5.67. The highest BCUT2D eigenvalue weighted by atomic mass is 32.2. The zero-order valence-corrected chi connectivity index (χ0v) is 20.9. The lowest BCUT2D eigenvalue weighted by atomic mass is 10.1. The Bertz CT molecular complexity index is 1410. The molecule has 0 radical (unpaired) electrons. The van der Waals surface area contributed by atoms with Gasteiger partial charge < -0.3 is 4.90 Å². The second-order valence-electron chi connectivity index (χ2n) is 9.13. The van der Waals surface area contributed by atoms with Gasteiger partial charge in [-0.1, -0.05) is 78.9 Å². The Morgan fingerprint density at radius 2 is 1.33 bits per heavy atom. The molecule has 5 rings (SSSR count). The molecule has 0 saturated carbocycles. The van der Waals surface area contributed by atoms with Crippen LogP contribution >= 0.6 is 0 Å². The van der Waals surface area contributed by atoms with Crippen LogP contribution in [0, 0.1) is 0 Å². The van der Waals surface area contributed by atoms with Crippen molar-refractivity contribution in [3.8, 4) is 0 Å². The summed E-state index contributed by atoms with van der Waals surface area (Å²) in [5.41, 5.74) is 4.10. The van der Waals surface area contributed by atoms with Crippen LogP contribution in [-0.4, -0.2) is 24.7 Å². The molecule has 182 valence electrons. The zero-order chi connectivity index (χ0) is 25.1. The number of fused-ring (bicyclic) bond motifs is 1. The molecule has 0 aliphatic carbocycles. The van der Waals surface area contributed by atoms with Crippen LogP contribution in [0.4, 0.5) is 5.69 Å². The largest absolute Gasteiger partial charge is 0.305 e. The molecule has 0 saturated heterocycles. The molecule has 0 bridgehead atoms. The normalized spacial score (nSPS) is 15.2. The van der Waals surface area contributed by atoms with E-state index < -0.39 is 10.0 Å². The van der Waals surface area contributed by atoms with Crippen molar-refractivity contribution < 1.29 is 13.2 Å². The maximum atomic E-state index is 13.9. The summed E-state index contributed by atoms with van der Waals surface area (Å²) in [6, 6.07) is 33.5. The number of sulfonamides is 1. The SMILES string of the molecule is C[C@@H]1Cc2cc(S(=O)(=O)N(Cc3ccccc3)Cc3ccccc3)ccc2N1C(=O)c1ccccc1. The second kappa shape index (κ2) is 10.1. The summed E-state index contributed by atoms with van der Waals surface area (Å²) >= 11 is 0. The van der Waals surface area contributed by atoms with Crippen LogP contribution in [0.3, 0.4) is 0 Å². The number of carbonyl (C=O) groups is 1. The van der Waals surface area contributed by atoms with E-state index in [9.17, 15) is 13.2 Å². The molecule has 1 amide bonds. The van der Waals surface area contributed by atoms with E-state index in [0.29, 0.717) is 12.0 Å². The number of benzene rings is 4. The van der Waals surface area contributed by atoms with Gasteiger partial charge in [0.25, 0.3) is 5.91 Å². The Morgan fingerprint density at radius 3 is 1.89 bits per heavy atom. The first-order valence-electron chi connectivity index (χ1n) is 12.0. The first kappa shape index (κ1) is 24.0. The van der Waals surface area contributed by atoms with Gasteiger partial charge in [0.1, 0.15) is 0 Å². The Balaban J connectivity index is 1.48. The van der Waals surface area contributed by atoms with Crippen molar-refractivity contribution in [2.75, 3.05) is 4.90 Å². The minimum Gasteiger partial charge on any atom is -0.305 e. The van der Waals surface area contributed by atoms with E-state index in [1.165, 1.54) is 4.31 Å². The van der Waals surface area contributed by atoms with Gasteiger partial charge in [0.05, 0.1) is 4.90 Å². The van der Waals surface area contributed by atoms with E-state index in [1.807, 2.05) is 85.8 Å². The van der Waals surface area contributed by atoms with Gasteiger partial charge in [-0.3, -0.25) is 4.79 Å². The molecule has 0 fully saturated rings. The molecular formula is C30H28N2O3S. The van der Waals surface area contributed by atoms with Crippen molar-refractivity contribution in [3.05, 3.63) is 131 Å². The van der Waals surface area contributed by atoms with Crippen LogP contribution < -0.4 is 4.90 Å². The number of rotatable bonds is 7. The van der Waals surface area contributed by atoms with Gasteiger partial charge in [-0.25, -0.2) is 8.42 Å². The minimum atomic E-state index is -3.80. The summed E-state index contributed by atoms with van der Waals surface area (Å²) < 4.78 is 29.3. The summed E-state index contributed by atoms with van der Waals surface area (Å²) in [4.78, 5) is 15.2. The third kappa shape index (κ3) is 4.83. The topological polar surface area (TPSA) is 57.7 Å². The fourth-order valence-electron chi connectivity index (χ4n) is 4.75. The quantitative estimate of drug-likeness (QED) is 0.331. The maximum Gasteiger partial charge on any atom is 0.258 e. The van der Waals surface area contributed by atoms with Gasteiger partial charge >= 0.3 is 0 Å². The van der Waals surface area contributed by atoms with Crippen LogP contribution in [0.15, 0.2) is 114 Å². The number of hydrogen-bond acceptors (Lipinski definition) is 3. The van der Waals surface area contributed by atoms with Crippen molar-refractivity contribution in [2.45, 2.75) is 37.4 Å². The summed E-state index contributed by atoms with van der Waals surface area (Å²) in [6.45, 7) is 2.53. The van der Waals surface area contributed by atoms with Crippen molar-refractivity contribution in [1.82, 2.24) is 4.31 Å². The molecule has 6 heteroatoms. The molecule has 4 aromatic carbocycles. The molecule has 0 aromatic heterocycles. The fraction of sp³-hybridized carbons (Fsp3) is 0.167. The Labute approximate surface area is 212 Å². The highest BCUT2D eigenvalue weighted by Gasteiger charge is 2.33. The van der Waals surface area contributed by atoms with E-state index >= 15 is 0 Å². The Kier molecular flexibility index (Phi) is 6.72. The van der Waals surface area contributed by atoms with Crippen molar-refractivity contribution >= 4 is 21.6 Å². The molecule has 0 unspecified atom stereocenters. The van der Waals surface area contributed by atoms with Crippen molar-refractivity contribution in [3.63, 3.8) is 0 Å². The highest BCUT2D eigenvalue weighted by Crippen LogP contribution is 2.36. The van der Waals surface area contributed by atoms with Crippen molar-refractivity contribution in [2.24, 2.45) is 0 Å². The lowest BCUT2D eigenvalue weighted by Gasteiger charge is -2.24. The highest BCUT2D eigenvalue weighted by molar-refractivity contribution is 7.89. The van der Waals surface area contributed by atoms with E-state index in [-0.39, 0.29) is 29.9 Å². The minimum absolute atomic E-state index is 0.0598. The van der Waals surface area contributed by atoms with Gasteiger partial charge in [-0.05, 0) is 60.4 Å². The standard InChI is InChI=1S/C30H28N2O3S/c1-23-19-27-20-28(17-18-29(27)32(23)30(33)26-15-9-4-10-16-26)36(34,35)31(21-24-11-5-2-6-12-24)22-25-13-7-3-8-14-25/h2-18,20,23H,19,21-22H2,1H3/t23-/m1/s1. The first-order valence-corrected chi connectivity index (χ1v) is 13.5. The Morgan fingerprint density at radius 1 is 0.806 bits per heavy atom. The van der Waals surface area contributed by atoms with Crippen LogP contribution in [0.2, 0.25) is 0 Å². The summed E-state index contributed by atoms with van der Waals surface area (Å²) in [7, 11) is -3.80. The van der Waals surface area contributed by atoms with Crippen LogP contribution in [-0.2, 0) is 29.5 Å². The van der Waals surface area contributed by atoms with Gasteiger partial charge in [0.15, 0.2) is 0 Å². The lowest BCUT2D eigenvalue weighted by molar-refractivity contribution is 0.0981. The van der Waals surface area contributed by atoms with Crippen LogP contribution in [0.25, 0.3) is 0 Å². The smallest absolute Gasteiger partial charge is 0.258 e. The monoisotopic (exact) mass is 496 g/mol. The van der Waals surface area contributed by atoms with Gasteiger partial charge in [-0.2, -0.15) is 4.31 Å². The van der Waals surface area contributed by atoms with Crippen LogP contribution in [0.5, 0.6) is 0 Å². The Hall–Kier alpha value is -3.74. The van der Waals surface area contributed by atoms with Gasteiger partial charge in [-0.15, -0.1) is 0 Å². The molecule has 1 heterocycles. The number of hydrogen-bond donors (Lipinski definition) is 0. The molecule has 36 heavy (non-hydrogen) atoms. The van der Waals surface area contributed by atoms with Crippen LogP contribution in [0.1, 0.15) is 34.0 Å². The van der Waals surface area contributed by atoms with E-state index in [2.05, 4.69) is 0 Å². The van der Waals surface area contributed by atoms with E-state index in [1.54, 1.807) is 35.2 Å². The summed E-state index contributed by atoms with van der Waals surface area (Å²) in [5, 5.41) is 0. The molecule has 4 aromatic rings. The first-order chi connectivity index (χ1) is 17.4. The summed E-state index contributed by atoms with van der Waals surface area (Å²) in [6.07, 6.45) is 0.606. The number of carbonyl (C=O) groups excluding carboxylic acids is 1. The number of anilines is 1. The third-order valence-corrected chi connectivity index (χ3v) is 8.34. The maximum absolute atomic E-state index is 13.9. The zero-order valence-electron chi connectivity index (χ0n) is 20.1. The number of nitrogens with zero attached hydrogens (tertiary/aromatic N) is 2. The average molecular weight is 497 g/mol. The lowest BCUT2D eigenvalue weighted by Crippen LogP contribution is -2.35. The molecule has 1 aliphatic rings. The molecule has 5 nitrogen and oxygen atoms in total. The van der Waals surface area contributed by atoms with Crippen molar-refractivity contribution in [1.29, 1.82) is 0 Å². The molecule has 0 spiro atoms. The number of amides is 1. The fourth-order valence-corrected chi connectivity index (χ4v) is 6.21. The van der Waals surface area contributed by atoms with Gasteiger partial charge in [0, 0.05) is 30.4 Å². The molecule has 1 aliphatic heterocycles. The second-order valence-corrected chi connectivity index (χ2v) is 11.1. The average Bonchev–Trinajstić information content (AvgIpc) is 3.24.